The Labute approximate surface area is 172 Å². The number of likely N-dealkylation sites (tertiary alicyclic amines) is 1. The molecule has 0 bridgehead atoms. The molecule has 1 aliphatic heterocycles. The van der Waals surface area contributed by atoms with E-state index in [1.807, 2.05) is 0 Å². The molecule has 0 aromatic heterocycles. The van der Waals surface area contributed by atoms with E-state index >= 15 is 0 Å². The maximum Gasteiger partial charge on any atom is 0.326 e. The quantitative estimate of drug-likeness (QED) is 0.177. The number of carbonyl (C=O) groups is 5. The fourth-order valence-electron chi connectivity index (χ4n) is 2.85. The highest BCUT2D eigenvalue weighted by molar-refractivity contribution is 7.80. The number of aliphatic hydroxyl groups is 1. The molecule has 0 aliphatic carbocycles. The molecule has 5 atom stereocenters. The topological polar surface area (TPSA) is 199 Å². The van der Waals surface area contributed by atoms with Gasteiger partial charge in [-0.2, -0.15) is 12.6 Å². The summed E-state index contributed by atoms with van der Waals surface area (Å²) in [4.78, 5) is 60.5. The third-order valence-corrected chi connectivity index (χ3v) is 4.81. The van der Waals surface area contributed by atoms with Crippen LogP contribution < -0.4 is 16.4 Å². The van der Waals surface area contributed by atoms with Crippen molar-refractivity contribution in [3.05, 3.63) is 0 Å². The summed E-state index contributed by atoms with van der Waals surface area (Å²) < 4.78 is 0. The average molecular weight is 434 g/mol. The lowest BCUT2D eigenvalue weighted by molar-refractivity contribution is -0.151. The summed E-state index contributed by atoms with van der Waals surface area (Å²) in [7, 11) is 0. The van der Waals surface area contributed by atoms with Crippen LogP contribution in [0, 0.1) is 0 Å². The van der Waals surface area contributed by atoms with Gasteiger partial charge in [0.2, 0.25) is 17.7 Å². The third-order valence-electron chi connectivity index (χ3n) is 4.41. The van der Waals surface area contributed by atoms with Gasteiger partial charge in [0.25, 0.3) is 0 Å². The van der Waals surface area contributed by atoms with Crippen molar-refractivity contribution < 1.29 is 39.3 Å². The fourth-order valence-corrected chi connectivity index (χ4v) is 3.02. The van der Waals surface area contributed by atoms with Crippen molar-refractivity contribution in [3.8, 4) is 0 Å². The Morgan fingerprint density at radius 3 is 2.28 bits per heavy atom. The minimum Gasteiger partial charge on any atom is -0.481 e. The first-order valence-corrected chi connectivity index (χ1v) is 9.53. The molecule has 0 radical (unpaired) electrons. The molecule has 0 spiro atoms. The number of aliphatic carboxylic acids is 2. The first-order chi connectivity index (χ1) is 13.5. The lowest BCUT2D eigenvalue weighted by Gasteiger charge is -2.30. The van der Waals surface area contributed by atoms with Crippen molar-refractivity contribution >= 4 is 42.3 Å². The number of hydrogen-bond acceptors (Lipinski definition) is 8. The lowest BCUT2D eigenvalue weighted by atomic mass is 10.1. The fraction of sp³-hybridized carbons (Fsp3) is 0.688. The summed E-state index contributed by atoms with van der Waals surface area (Å²) in [5.41, 5.74) is 5.50. The number of nitrogens with zero attached hydrogens (tertiary/aromatic N) is 1. The maximum atomic E-state index is 12.7. The van der Waals surface area contributed by atoms with Crippen molar-refractivity contribution in [2.24, 2.45) is 5.73 Å². The molecule has 1 fully saturated rings. The van der Waals surface area contributed by atoms with Gasteiger partial charge in [0.15, 0.2) is 0 Å². The highest BCUT2D eigenvalue weighted by Gasteiger charge is 2.40. The standard InChI is InChI=1S/C16H26N4O8S/c1-7(21)12(15(26)20-4-2-3-10(20)16(27)28)19-14(25)9(5-11(22)23)18-13(24)8(17)6-29/h7-10,12,21,29H,2-6,17H2,1H3,(H,18,24)(H,19,25)(H,22,23)(H,27,28). The Hall–Kier alpha value is -2.38. The third kappa shape index (κ3) is 6.87. The summed E-state index contributed by atoms with van der Waals surface area (Å²) in [6.07, 6.45) is -1.51. The van der Waals surface area contributed by atoms with Crippen molar-refractivity contribution in [2.75, 3.05) is 12.3 Å². The SMILES string of the molecule is CC(O)C(NC(=O)C(CC(=O)O)NC(=O)C(N)CS)C(=O)N1CCCC1C(=O)O. The van der Waals surface area contributed by atoms with Gasteiger partial charge < -0.3 is 36.6 Å². The molecule has 29 heavy (non-hydrogen) atoms. The van der Waals surface area contributed by atoms with E-state index in [1.54, 1.807) is 0 Å². The van der Waals surface area contributed by atoms with E-state index in [2.05, 4.69) is 23.3 Å². The highest BCUT2D eigenvalue weighted by Crippen LogP contribution is 2.19. The normalized spacial score (nSPS) is 20.3. The number of nitrogens with two attached hydrogens (primary N) is 1. The number of amides is 3. The summed E-state index contributed by atoms with van der Waals surface area (Å²) in [5, 5.41) is 32.5. The van der Waals surface area contributed by atoms with E-state index in [9.17, 15) is 34.2 Å². The van der Waals surface area contributed by atoms with Gasteiger partial charge in [0.05, 0.1) is 18.6 Å². The van der Waals surface area contributed by atoms with Crippen LogP contribution in [0.5, 0.6) is 0 Å². The van der Waals surface area contributed by atoms with Crippen LogP contribution in [0.15, 0.2) is 0 Å². The smallest absolute Gasteiger partial charge is 0.326 e. The molecule has 1 saturated heterocycles. The molecule has 1 rings (SSSR count). The zero-order chi connectivity index (χ0) is 22.3. The Bertz CT molecular complexity index is 659. The van der Waals surface area contributed by atoms with E-state index in [0.29, 0.717) is 6.42 Å². The van der Waals surface area contributed by atoms with Crippen LogP contribution >= 0.6 is 12.6 Å². The van der Waals surface area contributed by atoms with Crippen molar-refractivity contribution in [2.45, 2.75) is 56.5 Å². The highest BCUT2D eigenvalue weighted by atomic mass is 32.1. The molecule has 164 valence electrons. The first kappa shape index (κ1) is 24.7. The minimum atomic E-state index is -1.56. The second-order valence-electron chi connectivity index (χ2n) is 6.70. The van der Waals surface area contributed by atoms with Gasteiger partial charge in [0, 0.05) is 12.3 Å². The number of hydrogen-bond donors (Lipinski definition) is 7. The van der Waals surface area contributed by atoms with Crippen LogP contribution in [0.25, 0.3) is 0 Å². The lowest BCUT2D eigenvalue weighted by Crippen LogP contribution is -2.60. The van der Waals surface area contributed by atoms with E-state index in [4.69, 9.17) is 10.8 Å². The van der Waals surface area contributed by atoms with Crippen molar-refractivity contribution in [1.82, 2.24) is 15.5 Å². The zero-order valence-electron chi connectivity index (χ0n) is 15.8. The summed E-state index contributed by atoms with van der Waals surface area (Å²) >= 11 is 3.85. The Morgan fingerprint density at radius 2 is 1.79 bits per heavy atom. The Kier molecular flexibility index (Phi) is 9.33. The van der Waals surface area contributed by atoms with Crippen LogP contribution in [0.1, 0.15) is 26.2 Å². The molecular weight excluding hydrogens is 408 g/mol. The molecule has 1 aliphatic rings. The summed E-state index contributed by atoms with van der Waals surface area (Å²) in [5.74, 6) is -5.30. The second kappa shape index (κ2) is 11.0. The van der Waals surface area contributed by atoms with Crippen LogP contribution in [0.2, 0.25) is 0 Å². The van der Waals surface area contributed by atoms with Gasteiger partial charge in [-0.1, -0.05) is 0 Å². The average Bonchev–Trinajstić information content (AvgIpc) is 3.13. The van der Waals surface area contributed by atoms with E-state index in [-0.39, 0.29) is 18.7 Å². The molecule has 0 aromatic rings. The molecule has 7 N–H and O–H groups in total. The number of carboxylic acid groups (broad SMARTS) is 2. The molecule has 5 unspecified atom stereocenters. The number of carboxylic acids is 2. The zero-order valence-corrected chi connectivity index (χ0v) is 16.7. The predicted octanol–water partition coefficient (Wildman–Crippen LogP) is -2.86. The van der Waals surface area contributed by atoms with Gasteiger partial charge >= 0.3 is 11.9 Å². The Balaban J connectivity index is 2.97. The largest absolute Gasteiger partial charge is 0.481 e. The minimum absolute atomic E-state index is 0.0480. The molecular formula is C16H26N4O8S. The number of nitrogens with one attached hydrogen (secondary N) is 2. The van der Waals surface area contributed by atoms with Crippen molar-refractivity contribution in [1.29, 1.82) is 0 Å². The summed E-state index contributed by atoms with van der Waals surface area (Å²) in [6.45, 7) is 1.36. The number of thiol groups is 1. The predicted molar refractivity (Wildman–Crippen MR) is 102 cm³/mol. The first-order valence-electron chi connectivity index (χ1n) is 8.89. The van der Waals surface area contributed by atoms with Gasteiger partial charge in [-0.05, 0) is 19.8 Å². The number of carbonyl (C=O) groups excluding carboxylic acids is 3. The van der Waals surface area contributed by atoms with Crippen molar-refractivity contribution in [3.63, 3.8) is 0 Å². The van der Waals surface area contributed by atoms with Crippen LogP contribution in [0.4, 0.5) is 0 Å². The molecule has 1 heterocycles. The van der Waals surface area contributed by atoms with Crippen LogP contribution in [0.3, 0.4) is 0 Å². The van der Waals surface area contributed by atoms with Crippen LogP contribution in [-0.2, 0) is 24.0 Å². The second-order valence-corrected chi connectivity index (χ2v) is 7.07. The molecule has 13 heteroatoms. The number of aliphatic hydroxyl groups excluding tert-OH is 1. The molecule has 12 nitrogen and oxygen atoms in total. The van der Waals surface area contributed by atoms with E-state index < -0.39 is 66.4 Å². The Morgan fingerprint density at radius 1 is 1.17 bits per heavy atom. The van der Waals surface area contributed by atoms with Gasteiger partial charge in [-0.15, -0.1) is 0 Å². The van der Waals surface area contributed by atoms with E-state index in [0.717, 1.165) is 4.90 Å². The number of rotatable bonds is 10. The maximum absolute atomic E-state index is 12.7. The monoisotopic (exact) mass is 434 g/mol. The van der Waals surface area contributed by atoms with Crippen LogP contribution in [-0.4, -0.2) is 92.4 Å². The molecule has 3 amide bonds. The van der Waals surface area contributed by atoms with E-state index in [1.165, 1.54) is 6.92 Å². The summed E-state index contributed by atoms with van der Waals surface area (Å²) in [6, 6.07) is -5.25. The molecule has 0 saturated carbocycles. The van der Waals surface area contributed by atoms with Gasteiger partial charge in [0.1, 0.15) is 18.1 Å². The van der Waals surface area contributed by atoms with Gasteiger partial charge in [-0.25, -0.2) is 4.79 Å². The molecule has 0 aromatic carbocycles. The van der Waals surface area contributed by atoms with Gasteiger partial charge in [-0.3, -0.25) is 19.2 Å².